The monoisotopic (exact) mass is 313 g/mol. The van der Waals surface area contributed by atoms with Crippen LogP contribution in [0.2, 0.25) is 5.02 Å². The normalized spacial score (nSPS) is 9.62. The van der Waals surface area contributed by atoms with Gasteiger partial charge in [0.2, 0.25) is 0 Å². The van der Waals surface area contributed by atoms with E-state index in [-0.39, 0.29) is 19.7 Å². The van der Waals surface area contributed by atoms with Crippen LogP contribution in [-0.4, -0.2) is 37.6 Å². The van der Waals surface area contributed by atoms with Crippen LogP contribution in [0.1, 0.15) is 6.92 Å². The average Bonchev–Trinajstić information content (AvgIpc) is 2.46. The van der Waals surface area contributed by atoms with Crippen molar-refractivity contribution in [3.8, 4) is 0 Å². The first-order valence-corrected chi connectivity index (χ1v) is 6.66. The third-order valence-electron chi connectivity index (χ3n) is 2.26. The number of urea groups is 1. The van der Waals surface area contributed by atoms with E-state index in [2.05, 4.69) is 20.7 Å². The van der Waals surface area contributed by atoms with E-state index in [4.69, 9.17) is 11.6 Å². The molecule has 21 heavy (non-hydrogen) atoms. The summed E-state index contributed by atoms with van der Waals surface area (Å²) in [4.78, 5) is 33.7. The Bertz CT molecular complexity index is 505. The van der Waals surface area contributed by atoms with Crippen molar-refractivity contribution in [1.29, 1.82) is 0 Å². The molecule has 0 heterocycles. The van der Waals surface area contributed by atoms with Gasteiger partial charge in [0, 0.05) is 23.8 Å². The summed E-state index contributed by atoms with van der Waals surface area (Å²) in [5.74, 6) is -1.78. The first-order chi connectivity index (χ1) is 10.0. The van der Waals surface area contributed by atoms with E-state index in [1.54, 1.807) is 31.2 Å². The second kappa shape index (κ2) is 8.80. The van der Waals surface area contributed by atoms with Crippen molar-refractivity contribution in [2.75, 3.05) is 25.0 Å². The van der Waals surface area contributed by atoms with Gasteiger partial charge in [-0.1, -0.05) is 11.6 Å². The molecule has 3 amide bonds. The standard InChI is InChI=1S/C13H16ClN3O4/c1-2-21-12(19)11(18)15-7-8-16-13(20)17-10-5-3-9(14)4-6-10/h3-6H,2,7-8H2,1H3,(H,15,18)(H2,16,17,20). The van der Waals surface area contributed by atoms with Gasteiger partial charge in [0.15, 0.2) is 0 Å². The summed E-state index contributed by atoms with van der Waals surface area (Å²) in [7, 11) is 0. The number of nitrogens with one attached hydrogen (secondary N) is 3. The minimum Gasteiger partial charge on any atom is -0.459 e. The lowest BCUT2D eigenvalue weighted by atomic mass is 10.3. The van der Waals surface area contributed by atoms with E-state index in [1.165, 1.54) is 0 Å². The fourth-order valence-electron chi connectivity index (χ4n) is 1.33. The molecule has 0 spiro atoms. The maximum Gasteiger partial charge on any atom is 0.396 e. The molecule has 0 bridgehead atoms. The Morgan fingerprint density at radius 1 is 1.10 bits per heavy atom. The summed E-state index contributed by atoms with van der Waals surface area (Å²) in [6.45, 7) is 2.03. The van der Waals surface area contributed by atoms with Crippen LogP contribution in [0.25, 0.3) is 0 Å². The van der Waals surface area contributed by atoms with Crippen molar-refractivity contribution >= 4 is 35.2 Å². The lowest BCUT2D eigenvalue weighted by Crippen LogP contribution is -2.39. The molecule has 0 saturated heterocycles. The molecule has 0 aliphatic rings. The van der Waals surface area contributed by atoms with Gasteiger partial charge in [-0.15, -0.1) is 0 Å². The number of ether oxygens (including phenoxy) is 1. The highest BCUT2D eigenvalue weighted by Crippen LogP contribution is 2.12. The first-order valence-electron chi connectivity index (χ1n) is 6.28. The van der Waals surface area contributed by atoms with Crippen LogP contribution >= 0.6 is 11.6 Å². The number of carbonyl (C=O) groups excluding carboxylic acids is 3. The second-order valence-corrected chi connectivity index (χ2v) is 4.30. The maximum atomic E-state index is 11.5. The van der Waals surface area contributed by atoms with Crippen molar-refractivity contribution in [2.24, 2.45) is 0 Å². The zero-order valence-electron chi connectivity index (χ0n) is 11.4. The number of hydrogen-bond donors (Lipinski definition) is 3. The molecule has 0 unspecified atom stereocenters. The Labute approximate surface area is 127 Å². The Balaban J connectivity index is 2.20. The third-order valence-corrected chi connectivity index (χ3v) is 2.51. The SMILES string of the molecule is CCOC(=O)C(=O)NCCNC(=O)Nc1ccc(Cl)cc1. The molecule has 1 aromatic carbocycles. The highest BCUT2D eigenvalue weighted by molar-refractivity contribution is 6.32. The van der Waals surface area contributed by atoms with E-state index in [1.807, 2.05) is 0 Å². The lowest BCUT2D eigenvalue weighted by Gasteiger charge is -2.08. The van der Waals surface area contributed by atoms with E-state index in [0.717, 1.165) is 0 Å². The van der Waals surface area contributed by atoms with Crippen molar-refractivity contribution in [3.05, 3.63) is 29.3 Å². The van der Waals surface area contributed by atoms with Crippen molar-refractivity contribution in [3.63, 3.8) is 0 Å². The van der Waals surface area contributed by atoms with Gasteiger partial charge in [0.05, 0.1) is 6.61 Å². The van der Waals surface area contributed by atoms with Crippen LogP contribution in [0, 0.1) is 0 Å². The summed E-state index contributed by atoms with van der Waals surface area (Å²) in [6.07, 6.45) is 0. The van der Waals surface area contributed by atoms with E-state index in [9.17, 15) is 14.4 Å². The molecule has 7 nitrogen and oxygen atoms in total. The smallest absolute Gasteiger partial charge is 0.396 e. The number of benzene rings is 1. The van der Waals surface area contributed by atoms with Crippen molar-refractivity contribution in [2.45, 2.75) is 6.92 Å². The van der Waals surface area contributed by atoms with Gasteiger partial charge in [-0.3, -0.25) is 4.79 Å². The van der Waals surface area contributed by atoms with Crippen molar-refractivity contribution < 1.29 is 19.1 Å². The Kier molecular flexibility index (Phi) is 7.03. The number of carbonyl (C=O) groups is 3. The minimum absolute atomic E-state index is 0.117. The predicted octanol–water partition coefficient (Wildman–Crippen LogP) is 1.14. The summed E-state index contributed by atoms with van der Waals surface area (Å²) in [5, 5.41) is 8.00. The molecular formula is C13H16ClN3O4. The maximum absolute atomic E-state index is 11.5. The largest absolute Gasteiger partial charge is 0.459 e. The van der Waals surface area contributed by atoms with Gasteiger partial charge in [0.25, 0.3) is 0 Å². The summed E-state index contributed by atoms with van der Waals surface area (Å²) in [5.41, 5.74) is 0.590. The number of anilines is 1. The molecule has 0 aliphatic carbocycles. The molecule has 0 radical (unpaired) electrons. The first kappa shape index (κ1) is 16.8. The van der Waals surface area contributed by atoms with Crippen LogP contribution in [0.3, 0.4) is 0 Å². The number of hydrogen-bond acceptors (Lipinski definition) is 4. The molecule has 114 valence electrons. The molecule has 3 N–H and O–H groups in total. The molecule has 0 saturated carbocycles. The number of amides is 3. The third kappa shape index (κ3) is 6.62. The zero-order chi connectivity index (χ0) is 15.7. The zero-order valence-corrected chi connectivity index (χ0v) is 12.2. The Morgan fingerprint density at radius 2 is 1.71 bits per heavy atom. The van der Waals surface area contributed by atoms with Crippen LogP contribution < -0.4 is 16.0 Å². The molecular weight excluding hydrogens is 298 g/mol. The average molecular weight is 314 g/mol. The fraction of sp³-hybridized carbons (Fsp3) is 0.308. The Morgan fingerprint density at radius 3 is 2.33 bits per heavy atom. The molecule has 0 fully saturated rings. The topological polar surface area (TPSA) is 96.5 Å². The predicted molar refractivity (Wildman–Crippen MR) is 78.1 cm³/mol. The van der Waals surface area contributed by atoms with Gasteiger partial charge in [-0.05, 0) is 31.2 Å². The minimum atomic E-state index is -0.942. The number of halogens is 1. The van der Waals surface area contributed by atoms with Crippen LogP contribution in [0.5, 0.6) is 0 Å². The van der Waals surface area contributed by atoms with Crippen LogP contribution in [-0.2, 0) is 14.3 Å². The van der Waals surface area contributed by atoms with Gasteiger partial charge in [-0.2, -0.15) is 0 Å². The molecule has 0 atom stereocenters. The molecule has 1 aromatic rings. The van der Waals surface area contributed by atoms with Gasteiger partial charge in [-0.25, -0.2) is 9.59 Å². The second-order valence-electron chi connectivity index (χ2n) is 3.86. The number of rotatable bonds is 5. The summed E-state index contributed by atoms with van der Waals surface area (Å²) < 4.78 is 4.51. The van der Waals surface area contributed by atoms with Gasteiger partial charge in [0.1, 0.15) is 0 Å². The molecule has 0 aromatic heterocycles. The molecule has 0 aliphatic heterocycles. The Hall–Kier alpha value is -2.28. The van der Waals surface area contributed by atoms with E-state index in [0.29, 0.717) is 10.7 Å². The van der Waals surface area contributed by atoms with E-state index >= 15 is 0 Å². The highest BCUT2D eigenvalue weighted by Gasteiger charge is 2.13. The quantitative estimate of drug-likeness (QED) is 0.431. The summed E-state index contributed by atoms with van der Waals surface area (Å²) >= 11 is 5.72. The fourth-order valence-corrected chi connectivity index (χ4v) is 1.46. The lowest BCUT2D eigenvalue weighted by molar-refractivity contribution is -0.154. The van der Waals surface area contributed by atoms with Crippen LogP contribution in [0.4, 0.5) is 10.5 Å². The van der Waals surface area contributed by atoms with Crippen molar-refractivity contribution in [1.82, 2.24) is 10.6 Å². The number of esters is 1. The van der Waals surface area contributed by atoms with E-state index < -0.39 is 17.9 Å². The molecule has 8 heteroatoms. The van der Waals surface area contributed by atoms with Gasteiger partial charge < -0.3 is 20.7 Å². The molecule has 1 rings (SSSR count). The van der Waals surface area contributed by atoms with Gasteiger partial charge >= 0.3 is 17.9 Å². The van der Waals surface area contributed by atoms with Crippen LogP contribution in [0.15, 0.2) is 24.3 Å². The summed E-state index contributed by atoms with van der Waals surface area (Å²) in [6, 6.07) is 6.19. The highest BCUT2D eigenvalue weighted by atomic mass is 35.5.